The van der Waals surface area contributed by atoms with Crippen molar-refractivity contribution in [3.63, 3.8) is 0 Å². The number of amides is 1. The van der Waals surface area contributed by atoms with E-state index in [9.17, 15) is 4.79 Å². The molecule has 82 valence electrons. The van der Waals surface area contributed by atoms with Crippen LogP contribution in [0.25, 0.3) is 0 Å². The average molecular weight is 273 g/mol. The zero-order chi connectivity index (χ0) is 11.1. The summed E-state index contributed by atoms with van der Waals surface area (Å²) < 4.78 is 5.86. The summed E-state index contributed by atoms with van der Waals surface area (Å²) in [5.74, 6) is 0.324. The molecule has 1 N–H and O–H groups in total. The monoisotopic (exact) mass is 272 g/mol. The number of ether oxygens (including phenoxy) is 1. The predicted octanol–water partition coefficient (Wildman–Crippen LogP) is 2.21. The van der Waals surface area contributed by atoms with Crippen molar-refractivity contribution in [1.29, 1.82) is 0 Å². The number of hydrogen-bond acceptors (Lipinski definition) is 3. The molecule has 0 bridgehead atoms. The highest BCUT2D eigenvalue weighted by Crippen LogP contribution is 2.17. The van der Waals surface area contributed by atoms with Crippen LogP contribution in [0.3, 0.4) is 0 Å². The number of carbonyl (C=O) groups excluding carboxylic acids is 1. The van der Waals surface area contributed by atoms with Gasteiger partial charge in [-0.25, -0.2) is 4.98 Å². The molecule has 0 atom stereocenters. The maximum atomic E-state index is 11.3. The molecule has 0 spiro atoms. The normalized spacial score (nSPS) is 10.0. The van der Waals surface area contributed by atoms with Crippen LogP contribution in [-0.4, -0.2) is 24.1 Å². The summed E-state index contributed by atoms with van der Waals surface area (Å²) in [4.78, 5) is 15.4. The summed E-state index contributed by atoms with van der Waals surface area (Å²) in [6, 6.07) is 3.60. The number of aromatic nitrogens is 1. The molecule has 1 heterocycles. The molecule has 0 saturated heterocycles. The molecular weight excluding hydrogens is 260 g/mol. The van der Waals surface area contributed by atoms with E-state index in [-0.39, 0.29) is 12.5 Å². The van der Waals surface area contributed by atoms with E-state index in [1.807, 2.05) is 13.0 Å². The number of rotatable bonds is 5. The van der Waals surface area contributed by atoms with Crippen LogP contribution in [0.4, 0.5) is 5.82 Å². The largest absolute Gasteiger partial charge is 0.372 e. The molecule has 1 aromatic rings. The minimum atomic E-state index is -0.192. The highest BCUT2D eigenvalue weighted by molar-refractivity contribution is 9.10. The van der Waals surface area contributed by atoms with Gasteiger partial charge in [0, 0.05) is 12.8 Å². The predicted molar refractivity (Wildman–Crippen MR) is 61.7 cm³/mol. The lowest BCUT2D eigenvalue weighted by Gasteiger charge is -2.05. The highest BCUT2D eigenvalue weighted by atomic mass is 79.9. The molecule has 0 fully saturated rings. The molecule has 0 radical (unpaired) electrons. The molecule has 0 aliphatic carbocycles. The third-order valence-electron chi connectivity index (χ3n) is 1.60. The van der Waals surface area contributed by atoms with Gasteiger partial charge in [-0.2, -0.15) is 0 Å². The maximum absolute atomic E-state index is 11.3. The van der Waals surface area contributed by atoms with Gasteiger partial charge in [0.05, 0.1) is 4.47 Å². The third kappa shape index (κ3) is 4.40. The van der Waals surface area contributed by atoms with Crippen LogP contribution < -0.4 is 5.32 Å². The summed E-state index contributed by atoms with van der Waals surface area (Å²) in [5, 5.41) is 2.65. The average Bonchev–Trinajstić information content (AvgIpc) is 2.22. The number of anilines is 1. The van der Waals surface area contributed by atoms with Crippen LogP contribution in [0.5, 0.6) is 0 Å². The molecule has 0 aliphatic rings. The lowest BCUT2D eigenvalue weighted by atomic mass is 10.4. The van der Waals surface area contributed by atoms with Crippen molar-refractivity contribution in [2.75, 3.05) is 18.5 Å². The van der Waals surface area contributed by atoms with E-state index in [1.54, 1.807) is 12.3 Å². The fourth-order valence-corrected chi connectivity index (χ4v) is 1.31. The van der Waals surface area contributed by atoms with Gasteiger partial charge >= 0.3 is 0 Å². The zero-order valence-electron chi connectivity index (χ0n) is 8.50. The van der Waals surface area contributed by atoms with E-state index in [1.165, 1.54) is 0 Å². The smallest absolute Gasteiger partial charge is 0.251 e. The lowest BCUT2D eigenvalue weighted by Crippen LogP contribution is -2.19. The maximum Gasteiger partial charge on any atom is 0.251 e. The zero-order valence-corrected chi connectivity index (χ0v) is 10.1. The summed E-state index contributed by atoms with van der Waals surface area (Å²) in [6.07, 6.45) is 2.52. The molecule has 0 unspecified atom stereocenters. The van der Waals surface area contributed by atoms with E-state index < -0.39 is 0 Å². The standard InChI is InChI=1S/C10H13BrN2O2/c1-2-6-15-7-9(14)13-10-8(11)4-3-5-12-10/h3-5H,2,6-7H2,1H3,(H,12,13,14). The van der Waals surface area contributed by atoms with Crippen LogP contribution in [-0.2, 0) is 9.53 Å². The Hall–Kier alpha value is -0.940. The molecule has 0 saturated carbocycles. The van der Waals surface area contributed by atoms with Gasteiger partial charge in [-0.05, 0) is 34.5 Å². The first-order valence-corrected chi connectivity index (χ1v) is 5.51. The van der Waals surface area contributed by atoms with Crippen LogP contribution in [0, 0.1) is 0 Å². The van der Waals surface area contributed by atoms with Crippen LogP contribution in [0.15, 0.2) is 22.8 Å². The Morgan fingerprint density at radius 1 is 1.67 bits per heavy atom. The topological polar surface area (TPSA) is 51.2 Å². The number of halogens is 1. The molecule has 5 heteroatoms. The molecule has 1 amide bonds. The molecular formula is C10H13BrN2O2. The Labute approximate surface area is 97.2 Å². The third-order valence-corrected chi connectivity index (χ3v) is 2.24. The van der Waals surface area contributed by atoms with E-state index in [0.29, 0.717) is 12.4 Å². The summed E-state index contributed by atoms with van der Waals surface area (Å²) >= 11 is 3.29. The van der Waals surface area contributed by atoms with Crippen molar-refractivity contribution in [2.45, 2.75) is 13.3 Å². The molecule has 1 rings (SSSR count). The Kier molecular flexibility index (Phi) is 5.28. The number of nitrogens with zero attached hydrogens (tertiary/aromatic N) is 1. The van der Waals surface area contributed by atoms with Crippen LogP contribution in [0.1, 0.15) is 13.3 Å². The van der Waals surface area contributed by atoms with Crippen molar-refractivity contribution in [3.8, 4) is 0 Å². The fourth-order valence-electron chi connectivity index (χ4n) is 0.955. The fraction of sp³-hybridized carbons (Fsp3) is 0.400. The first kappa shape index (κ1) is 12.1. The minimum absolute atomic E-state index is 0.0663. The Balaban J connectivity index is 2.41. The van der Waals surface area contributed by atoms with Gasteiger partial charge in [0.15, 0.2) is 0 Å². The van der Waals surface area contributed by atoms with Crippen LogP contribution >= 0.6 is 15.9 Å². The van der Waals surface area contributed by atoms with Crippen molar-refractivity contribution >= 4 is 27.7 Å². The molecule has 0 aliphatic heterocycles. The van der Waals surface area contributed by atoms with Crippen molar-refractivity contribution in [3.05, 3.63) is 22.8 Å². The summed E-state index contributed by atoms with van der Waals surface area (Å²) in [6.45, 7) is 2.65. The number of carbonyl (C=O) groups is 1. The summed E-state index contributed by atoms with van der Waals surface area (Å²) in [5.41, 5.74) is 0. The Bertz CT molecular complexity index is 331. The van der Waals surface area contributed by atoms with Gasteiger partial charge in [-0.1, -0.05) is 6.92 Å². The second kappa shape index (κ2) is 6.53. The Morgan fingerprint density at radius 3 is 3.13 bits per heavy atom. The molecule has 0 aromatic carbocycles. The van der Waals surface area contributed by atoms with E-state index in [4.69, 9.17) is 4.74 Å². The van der Waals surface area contributed by atoms with E-state index in [0.717, 1.165) is 10.9 Å². The lowest BCUT2D eigenvalue weighted by molar-refractivity contribution is -0.120. The second-order valence-corrected chi connectivity index (χ2v) is 3.79. The SMILES string of the molecule is CCCOCC(=O)Nc1ncccc1Br. The highest BCUT2D eigenvalue weighted by Gasteiger charge is 2.05. The van der Waals surface area contributed by atoms with E-state index in [2.05, 4.69) is 26.2 Å². The van der Waals surface area contributed by atoms with Gasteiger partial charge in [0.25, 0.3) is 5.91 Å². The molecule has 4 nitrogen and oxygen atoms in total. The van der Waals surface area contributed by atoms with Gasteiger partial charge in [0.1, 0.15) is 12.4 Å². The molecule has 1 aromatic heterocycles. The van der Waals surface area contributed by atoms with Crippen molar-refractivity contribution in [2.24, 2.45) is 0 Å². The summed E-state index contributed by atoms with van der Waals surface area (Å²) in [7, 11) is 0. The first-order chi connectivity index (χ1) is 7.24. The van der Waals surface area contributed by atoms with Gasteiger partial charge < -0.3 is 10.1 Å². The number of nitrogens with one attached hydrogen (secondary N) is 1. The Morgan fingerprint density at radius 2 is 2.47 bits per heavy atom. The van der Waals surface area contributed by atoms with Crippen molar-refractivity contribution in [1.82, 2.24) is 4.98 Å². The minimum Gasteiger partial charge on any atom is -0.372 e. The van der Waals surface area contributed by atoms with Gasteiger partial charge in [-0.15, -0.1) is 0 Å². The second-order valence-electron chi connectivity index (χ2n) is 2.93. The van der Waals surface area contributed by atoms with Crippen molar-refractivity contribution < 1.29 is 9.53 Å². The molecule has 15 heavy (non-hydrogen) atoms. The van der Waals surface area contributed by atoms with E-state index >= 15 is 0 Å². The quantitative estimate of drug-likeness (QED) is 0.837. The van der Waals surface area contributed by atoms with Gasteiger partial charge in [-0.3, -0.25) is 4.79 Å². The number of hydrogen-bond donors (Lipinski definition) is 1. The van der Waals surface area contributed by atoms with Gasteiger partial charge in [0.2, 0.25) is 0 Å². The van der Waals surface area contributed by atoms with Crippen LogP contribution in [0.2, 0.25) is 0 Å². The first-order valence-electron chi connectivity index (χ1n) is 4.72. The number of pyridine rings is 1.